The van der Waals surface area contributed by atoms with Gasteiger partial charge >= 0.3 is 5.69 Å². The molecule has 0 heterocycles. The molecule has 4 nitrogen and oxygen atoms in total. The zero-order valence-corrected chi connectivity index (χ0v) is 11.1. The molecule has 0 amide bonds. The van der Waals surface area contributed by atoms with Crippen molar-refractivity contribution in [3.63, 3.8) is 0 Å². The number of nitro benzene ring substituents is 1. The van der Waals surface area contributed by atoms with Crippen LogP contribution in [0.2, 0.25) is 0 Å². The maximum atomic E-state index is 13.9. The van der Waals surface area contributed by atoms with Gasteiger partial charge in [-0.15, -0.1) is 0 Å². The van der Waals surface area contributed by atoms with Gasteiger partial charge in [0.1, 0.15) is 5.82 Å². The molecule has 0 aromatic heterocycles. The van der Waals surface area contributed by atoms with Crippen LogP contribution < -0.4 is 0 Å². The van der Waals surface area contributed by atoms with E-state index < -0.39 is 33.6 Å². The molecule has 2 aromatic rings. The van der Waals surface area contributed by atoms with Gasteiger partial charge < -0.3 is 0 Å². The highest BCUT2D eigenvalue weighted by atomic mass is 19.1. The van der Waals surface area contributed by atoms with Gasteiger partial charge in [0, 0.05) is 6.42 Å². The Morgan fingerprint density at radius 3 is 2.38 bits per heavy atom. The highest BCUT2D eigenvalue weighted by Gasteiger charge is 2.24. The summed E-state index contributed by atoms with van der Waals surface area (Å²) in [6, 6.07) is 8.09. The predicted octanol–water partition coefficient (Wildman–Crippen LogP) is 3.61. The van der Waals surface area contributed by atoms with Crippen LogP contribution in [0.5, 0.6) is 0 Å². The number of hydrogen-bond acceptors (Lipinski definition) is 3. The van der Waals surface area contributed by atoms with Crippen LogP contribution in [0, 0.1) is 28.7 Å². The molecule has 6 heteroatoms. The number of carbonyl (C=O) groups is 1. The molecule has 108 valence electrons. The lowest BCUT2D eigenvalue weighted by Gasteiger charge is -2.04. The molecule has 0 N–H and O–H groups in total. The maximum absolute atomic E-state index is 13.9. The summed E-state index contributed by atoms with van der Waals surface area (Å²) in [5.41, 5.74) is -0.0276. The molecule has 2 aromatic carbocycles. The van der Waals surface area contributed by atoms with Gasteiger partial charge in [0.15, 0.2) is 5.78 Å². The summed E-state index contributed by atoms with van der Waals surface area (Å²) in [4.78, 5) is 21.6. The Morgan fingerprint density at radius 1 is 1.19 bits per heavy atom. The second-order valence-electron chi connectivity index (χ2n) is 4.63. The number of rotatable bonds is 4. The van der Waals surface area contributed by atoms with Gasteiger partial charge in [-0.2, -0.15) is 4.39 Å². The van der Waals surface area contributed by atoms with Crippen LogP contribution in [0.1, 0.15) is 21.5 Å². The zero-order valence-electron chi connectivity index (χ0n) is 11.1. The topological polar surface area (TPSA) is 60.2 Å². The highest BCUT2D eigenvalue weighted by Crippen LogP contribution is 2.23. The third-order valence-corrected chi connectivity index (χ3v) is 3.00. The first-order valence-corrected chi connectivity index (χ1v) is 6.10. The van der Waals surface area contributed by atoms with E-state index in [0.29, 0.717) is 17.7 Å². The fourth-order valence-corrected chi connectivity index (χ4v) is 1.90. The number of hydrogen-bond donors (Lipinski definition) is 0. The number of nitrogens with zero attached hydrogens (tertiary/aromatic N) is 1. The minimum atomic E-state index is -1.31. The average molecular weight is 291 g/mol. The number of nitro groups is 1. The summed E-state index contributed by atoms with van der Waals surface area (Å²) < 4.78 is 27.2. The van der Waals surface area contributed by atoms with Crippen LogP contribution in [0.15, 0.2) is 36.4 Å². The monoisotopic (exact) mass is 291 g/mol. The van der Waals surface area contributed by atoms with Crippen molar-refractivity contribution >= 4 is 11.5 Å². The number of ketones is 1. The SMILES string of the molecule is Cc1ccc(CC(=O)c2cc(F)cc([N+](=O)[O-])c2F)cc1. The summed E-state index contributed by atoms with van der Waals surface area (Å²) in [7, 11) is 0. The summed E-state index contributed by atoms with van der Waals surface area (Å²) in [5.74, 6) is -3.03. The molecule has 0 saturated heterocycles. The minimum absolute atomic E-state index is 0.155. The second-order valence-corrected chi connectivity index (χ2v) is 4.63. The van der Waals surface area contributed by atoms with Crippen molar-refractivity contribution in [2.45, 2.75) is 13.3 Å². The van der Waals surface area contributed by atoms with Crippen molar-refractivity contribution < 1.29 is 18.5 Å². The Labute approximate surface area is 119 Å². The van der Waals surface area contributed by atoms with Crippen molar-refractivity contribution in [1.29, 1.82) is 0 Å². The van der Waals surface area contributed by atoms with Crippen LogP contribution in [0.25, 0.3) is 0 Å². The van der Waals surface area contributed by atoms with E-state index in [9.17, 15) is 23.7 Å². The molecule has 0 saturated carbocycles. The van der Waals surface area contributed by atoms with Gasteiger partial charge in [0.05, 0.1) is 16.6 Å². The van der Waals surface area contributed by atoms with Gasteiger partial charge in [-0.25, -0.2) is 4.39 Å². The third kappa shape index (κ3) is 3.28. The van der Waals surface area contributed by atoms with Crippen molar-refractivity contribution in [2.24, 2.45) is 0 Å². The Bertz CT molecular complexity index is 712. The van der Waals surface area contributed by atoms with Gasteiger partial charge in [-0.3, -0.25) is 14.9 Å². The van der Waals surface area contributed by atoms with Crippen molar-refractivity contribution in [2.75, 3.05) is 0 Å². The molecule has 0 aliphatic carbocycles. The van der Waals surface area contributed by atoms with E-state index in [0.717, 1.165) is 5.56 Å². The summed E-state index contributed by atoms with van der Waals surface area (Å²) in [5, 5.41) is 10.6. The van der Waals surface area contributed by atoms with Crippen LogP contribution in [-0.2, 0) is 6.42 Å². The van der Waals surface area contributed by atoms with E-state index in [-0.39, 0.29) is 6.42 Å². The molecule has 0 atom stereocenters. The molecule has 2 rings (SSSR count). The van der Waals surface area contributed by atoms with E-state index in [2.05, 4.69) is 0 Å². The number of Topliss-reactive ketones (excluding diaryl/α,β-unsaturated/α-hetero) is 1. The van der Waals surface area contributed by atoms with Crippen molar-refractivity contribution in [3.05, 3.63) is 74.8 Å². The van der Waals surface area contributed by atoms with Gasteiger partial charge in [0.25, 0.3) is 0 Å². The molecule has 0 fully saturated rings. The molecule has 0 aliphatic heterocycles. The van der Waals surface area contributed by atoms with E-state index in [4.69, 9.17) is 0 Å². The van der Waals surface area contributed by atoms with E-state index in [1.807, 2.05) is 6.92 Å². The summed E-state index contributed by atoms with van der Waals surface area (Å²) in [6.45, 7) is 1.88. The minimum Gasteiger partial charge on any atom is -0.294 e. The standard InChI is InChI=1S/C15H11F2NO3/c1-9-2-4-10(5-3-9)6-14(19)12-7-11(16)8-13(15(12)17)18(20)21/h2-5,7-8H,6H2,1H3. The molecule has 21 heavy (non-hydrogen) atoms. The lowest BCUT2D eigenvalue weighted by molar-refractivity contribution is -0.387. The van der Waals surface area contributed by atoms with Crippen LogP contribution in [-0.4, -0.2) is 10.7 Å². The second kappa shape index (κ2) is 5.78. The third-order valence-electron chi connectivity index (χ3n) is 3.00. The molecule has 0 spiro atoms. The lowest BCUT2D eigenvalue weighted by Crippen LogP contribution is -2.09. The van der Waals surface area contributed by atoms with E-state index in [1.165, 1.54) is 0 Å². The van der Waals surface area contributed by atoms with Gasteiger partial charge in [0.2, 0.25) is 5.82 Å². The first kappa shape index (κ1) is 14.8. The largest absolute Gasteiger partial charge is 0.308 e. The first-order valence-electron chi connectivity index (χ1n) is 6.10. The first-order chi connectivity index (χ1) is 9.88. The number of benzene rings is 2. The average Bonchev–Trinajstić information content (AvgIpc) is 2.43. The summed E-state index contributed by atoms with van der Waals surface area (Å²) in [6.07, 6.45) is -0.155. The number of carbonyl (C=O) groups excluding carboxylic acids is 1. The summed E-state index contributed by atoms with van der Waals surface area (Å²) >= 11 is 0. The van der Waals surface area contributed by atoms with Gasteiger partial charge in [-0.1, -0.05) is 29.8 Å². The fraction of sp³-hybridized carbons (Fsp3) is 0.133. The molecular weight excluding hydrogens is 280 g/mol. The zero-order chi connectivity index (χ0) is 15.6. The normalized spacial score (nSPS) is 10.4. The molecule has 0 unspecified atom stereocenters. The highest BCUT2D eigenvalue weighted by molar-refractivity contribution is 5.98. The molecule has 0 radical (unpaired) electrons. The fourth-order valence-electron chi connectivity index (χ4n) is 1.90. The quantitative estimate of drug-likeness (QED) is 0.491. The molecular formula is C15H11F2NO3. The lowest BCUT2D eigenvalue weighted by atomic mass is 10.0. The molecule has 0 bridgehead atoms. The number of halogens is 2. The Hall–Kier alpha value is -2.63. The Balaban J connectivity index is 2.35. The smallest absolute Gasteiger partial charge is 0.294 e. The van der Waals surface area contributed by atoms with E-state index >= 15 is 0 Å². The van der Waals surface area contributed by atoms with Crippen LogP contribution in [0.3, 0.4) is 0 Å². The Kier molecular flexibility index (Phi) is 4.07. The maximum Gasteiger partial charge on any atom is 0.308 e. The Morgan fingerprint density at radius 2 is 1.81 bits per heavy atom. The molecule has 0 aliphatic rings. The predicted molar refractivity (Wildman–Crippen MR) is 72.2 cm³/mol. The van der Waals surface area contributed by atoms with E-state index in [1.54, 1.807) is 24.3 Å². The van der Waals surface area contributed by atoms with Crippen LogP contribution in [0.4, 0.5) is 14.5 Å². The van der Waals surface area contributed by atoms with Gasteiger partial charge in [-0.05, 0) is 18.6 Å². The van der Waals surface area contributed by atoms with Crippen molar-refractivity contribution in [1.82, 2.24) is 0 Å². The van der Waals surface area contributed by atoms with Crippen molar-refractivity contribution in [3.8, 4) is 0 Å². The van der Waals surface area contributed by atoms with Crippen LogP contribution >= 0.6 is 0 Å². The number of aryl methyl sites for hydroxylation is 1.